The predicted octanol–water partition coefficient (Wildman–Crippen LogP) is 8.54. The lowest BCUT2D eigenvalue weighted by atomic mass is 9.78. The SMILES string of the molecule is Cc1c(CCOc2c(-c3ccc4ncc(CNCc5ccc6ccccc6c5)n4c3)ccc(F)c2F)c(C(C)C(C)(C)C)nn1C. The first-order valence-electron chi connectivity index (χ1n) is 15.8. The van der Waals surface area contributed by atoms with Gasteiger partial charge in [0, 0.05) is 55.5 Å². The van der Waals surface area contributed by atoms with E-state index in [1.54, 1.807) is 6.07 Å². The Kier molecular flexibility index (Phi) is 8.66. The highest BCUT2D eigenvalue weighted by Crippen LogP contribution is 2.37. The number of halogens is 2. The van der Waals surface area contributed by atoms with Gasteiger partial charge in [-0.25, -0.2) is 9.37 Å². The molecule has 0 bridgehead atoms. The largest absolute Gasteiger partial charge is 0.489 e. The van der Waals surface area contributed by atoms with Crippen molar-refractivity contribution < 1.29 is 13.5 Å². The van der Waals surface area contributed by atoms with Gasteiger partial charge in [-0.05, 0) is 64.6 Å². The molecule has 6 aromatic rings. The van der Waals surface area contributed by atoms with E-state index in [4.69, 9.17) is 9.84 Å². The molecule has 46 heavy (non-hydrogen) atoms. The molecule has 8 heteroatoms. The molecule has 0 aliphatic carbocycles. The van der Waals surface area contributed by atoms with Crippen LogP contribution in [0.2, 0.25) is 0 Å². The summed E-state index contributed by atoms with van der Waals surface area (Å²) in [6, 6.07) is 21.3. The van der Waals surface area contributed by atoms with Gasteiger partial charge in [0.25, 0.3) is 0 Å². The van der Waals surface area contributed by atoms with Crippen LogP contribution in [-0.4, -0.2) is 25.8 Å². The Morgan fingerprint density at radius 2 is 1.74 bits per heavy atom. The van der Waals surface area contributed by atoms with E-state index in [0.717, 1.165) is 34.4 Å². The van der Waals surface area contributed by atoms with Crippen LogP contribution in [0.1, 0.15) is 61.8 Å². The molecule has 0 saturated carbocycles. The van der Waals surface area contributed by atoms with E-state index in [0.29, 0.717) is 30.6 Å². The molecule has 0 aliphatic rings. The van der Waals surface area contributed by atoms with Crippen LogP contribution in [0.4, 0.5) is 8.78 Å². The molecule has 0 fully saturated rings. The zero-order valence-corrected chi connectivity index (χ0v) is 27.4. The second kappa shape index (κ2) is 12.7. The normalized spacial score (nSPS) is 12.7. The monoisotopic (exact) mass is 621 g/mol. The first-order chi connectivity index (χ1) is 22.0. The number of fused-ring (bicyclic) bond motifs is 2. The van der Waals surface area contributed by atoms with Gasteiger partial charge in [0.05, 0.1) is 24.2 Å². The lowest BCUT2D eigenvalue weighted by Crippen LogP contribution is -2.18. The Labute approximate surface area is 269 Å². The minimum Gasteiger partial charge on any atom is -0.489 e. The molecule has 6 rings (SSSR count). The molecule has 3 aromatic heterocycles. The summed E-state index contributed by atoms with van der Waals surface area (Å²) in [6.07, 6.45) is 4.27. The lowest BCUT2D eigenvalue weighted by Gasteiger charge is -2.26. The third-order valence-electron chi connectivity index (χ3n) is 9.19. The third kappa shape index (κ3) is 6.27. The molecule has 3 heterocycles. The van der Waals surface area contributed by atoms with Crippen molar-refractivity contribution in [1.29, 1.82) is 0 Å². The van der Waals surface area contributed by atoms with E-state index in [1.807, 2.05) is 59.7 Å². The second-order valence-corrected chi connectivity index (χ2v) is 13.2. The highest BCUT2D eigenvalue weighted by atomic mass is 19.2. The highest BCUT2D eigenvalue weighted by molar-refractivity contribution is 5.83. The topological polar surface area (TPSA) is 56.4 Å². The molecular formula is C38H41F2N5O. The predicted molar refractivity (Wildman–Crippen MR) is 180 cm³/mol. The van der Waals surface area contributed by atoms with Crippen LogP contribution in [0.15, 0.2) is 79.1 Å². The van der Waals surface area contributed by atoms with Gasteiger partial charge in [-0.2, -0.15) is 9.49 Å². The third-order valence-corrected chi connectivity index (χ3v) is 9.19. The lowest BCUT2D eigenvalue weighted by molar-refractivity contribution is 0.297. The van der Waals surface area contributed by atoms with Gasteiger partial charge >= 0.3 is 0 Å². The van der Waals surface area contributed by atoms with Crippen LogP contribution in [0.3, 0.4) is 0 Å². The summed E-state index contributed by atoms with van der Waals surface area (Å²) in [7, 11) is 1.93. The van der Waals surface area contributed by atoms with Crippen LogP contribution in [0.25, 0.3) is 27.5 Å². The van der Waals surface area contributed by atoms with Crippen LogP contribution in [0.5, 0.6) is 5.75 Å². The number of nitrogens with one attached hydrogen (secondary N) is 1. The molecule has 1 N–H and O–H groups in total. The Bertz CT molecular complexity index is 2020. The number of aromatic nitrogens is 4. The highest BCUT2D eigenvalue weighted by Gasteiger charge is 2.28. The summed E-state index contributed by atoms with van der Waals surface area (Å²) in [5, 5.41) is 10.7. The van der Waals surface area contributed by atoms with Crippen molar-refractivity contribution in [2.75, 3.05) is 6.61 Å². The van der Waals surface area contributed by atoms with Crippen molar-refractivity contribution in [3.05, 3.63) is 119 Å². The summed E-state index contributed by atoms with van der Waals surface area (Å²) in [4.78, 5) is 4.56. The van der Waals surface area contributed by atoms with Crippen molar-refractivity contribution in [2.24, 2.45) is 12.5 Å². The maximum atomic E-state index is 15.3. The maximum Gasteiger partial charge on any atom is 0.201 e. The van der Waals surface area contributed by atoms with E-state index in [9.17, 15) is 4.39 Å². The molecular weight excluding hydrogens is 580 g/mol. The van der Waals surface area contributed by atoms with E-state index in [-0.39, 0.29) is 23.7 Å². The molecule has 6 nitrogen and oxygen atoms in total. The Balaban J connectivity index is 1.21. The van der Waals surface area contributed by atoms with E-state index in [1.165, 1.54) is 16.3 Å². The number of benzene rings is 3. The average molecular weight is 622 g/mol. The molecule has 0 spiro atoms. The van der Waals surface area contributed by atoms with Gasteiger partial charge in [-0.15, -0.1) is 0 Å². The van der Waals surface area contributed by atoms with Gasteiger partial charge in [0.15, 0.2) is 11.6 Å². The summed E-state index contributed by atoms with van der Waals surface area (Å²) in [5.74, 6) is -1.82. The number of hydrogen-bond donors (Lipinski definition) is 1. The Hall–Kier alpha value is -4.56. The fourth-order valence-electron chi connectivity index (χ4n) is 5.91. The first-order valence-corrected chi connectivity index (χ1v) is 15.8. The number of imidazole rings is 1. The average Bonchev–Trinajstić information content (AvgIpc) is 3.57. The smallest absolute Gasteiger partial charge is 0.201 e. The molecule has 3 aromatic carbocycles. The summed E-state index contributed by atoms with van der Waals surface area (Å²) >= 11 is 0. The van der Waals surface area contributed by atoms with Gasteiger partial charge in [-0.1, -0.05) is 64.1 Å². The molecule has 0 aliphatic heterocycles. The first kappa shape index (κ1) is 31.4. The van der Waals surface area contributed by atoms with Crippen LogP contribution in [-0.2, 0) is 26.6 Å². The minimum absolute atomic E-state index is 0.0228. The number of pyridine rings is 1. The molecule has 0 amide bonds. The van der Waals surface area contributed by atoms with E-state index < -0.39 is 11.6 Å². The number of nitrogens with zero attached hydrogens (tertiary/aromatic N) is 4. The molecule has 238 valence electrons. The summed E-state index contributed by atoms with van der Waals surface area (Å²) < 4.78 is 39.8. The molecule has 0 radical (unpaired) electrons. The summed E-state index contributed by atoms with van der Waals surface area (Å²) in [5.41, 5.74) is 7.27. The number of aryl methyl sites for hydroxylation is 1. The van der Waals surface area contributed by atoms with Crippen LogP contribution in [0, 0.1) is 24.0 Å². The number of ether oxygens (including phenoxy) is 1. The van der Waals surface area contributed by atoms with Gasteiger partial charge in [-0.3, -0.25) is 4.68 Å². The molecule has 0 saturated heterocycles. The van der Waals surface area contributed by atoms with Crippen molar-refractivity contribution in [2.45, 2.75) is 60.0 Å². The zero-order chi connectivity index (χ0) is 32.6. The zero-order valence-electron chi connectivity index (χ0n) is 27.4. The fraction of sp³-hybridized carbons (Fsp3) is 0.316. The molecule has 1 unspecified atom stereocenters. The maximum absolute atomic E-state index is 15.3. The Morgan fingerprint density at radius 3 is 2.52 bits per heavy atom. The van der Waals surface area contributed by atoms with E-state index >= 15 is 4.39 Å². The number of rotatable bonds is 10. The van der Waals surface area contributed by atoms with Crippen molar-refractivity contribution in [3.8, 4) is 16.9 Å². The fourth-order valence-corrected chi connectivity index (χ4v) is 5.91. The standard InChI is InChI=1S/C38H41F2N5O/c1-24(38(3,4)5)36-31(25(2)44(6)43-36)17-18-46-37-32(14-15-33(39)35(37)40)29-13-16-34-42-22-30(45(34)23-29)21-41-20-26-11-12-27-9-7-8-10-28(27)19-26/h7-16,19,22-24,41H,17-18,20-21H2,1-6H3. The van der Waals surface area contributed by atoms with Crippen molar-refractivity contribution >= 4 is 16.4 Å². The Morgan fingerprint density at radius 1 is 0.957 bits per heavy atom. The number of hydrogen-bond acceptors (Lipinski definition) is 4. The quantitative estimate of drug-likeness (QED) is 0.167. The van der Waals surface area contributed by atoms with Crippen molar-refractivity contribution in [1.82, 2.24) is 24.5 Å². The van der Waals surface area contributed by atoms with Crippen molar-refractivity contribution in [3.63, 3.8) is 0 Å². The van der Waals surface area contributed by atoms with Gasteiger partial charge < -0.3 is 14.5 Å². The van der Waals surface area contributed by atoms with Gasteiger partial charge in [0.1, 0.15) is 5.65 Å². The molecule has 1 atom stereocenters. The van der Waals surface area contributed by atoms with Crippen LogP contribution >= 0.6 is 0 Å². The second-order valence-electron chi connectivity index (χ2n) is 13.2. The summed E-state index contributed by atoms with van der Waals surface area (Å²) in [6.45, 7) is 12.3. The van der Waals surface area contributed by atoms with Crippen LogP contribution < -0.4 is 10.1 Å². The van der Waals surface area contributed by atoms with Gasteiger partial charge in [0.2, 0.25) is 5.82 Å². The minimum atomic E-state index is -0.994. The van der Waals surface area contributed by atoms with E-state index in [2.05, 4.69) is 68.3 Å².